The van der Waals surface area contributed by atoms with Crippen LogP contribution < -0.4 is 16.0 Å². The molecule has 106 valence electrons. The van der Waals surface area contributed by atoms with E-state index >= 15 is 0 Å². The van der Waals surface area contributed by atoms with Gasteiger partial charge in [-0.25, -0.2) is 0 Å². The molecule has 1 aliphatic heterocycles. The van der Waals surface area contributed by atoms with Crippen molar-refractivity contribution in [2.45, 2.75) is 25.3 Å². The number of benzene rings is 1. The highest BCUT2D eigenvalue weighted by Crippen LogP contribution is 2.27. The summed E-state index contributed by atoms with van der Waals surface area (Å²) in [7, 11) is 0. The minimum Gasteiger partial charge on any atom is -0.371 e. The van der Waals surface area contributed by atoms with E-state index in [1.165, 1.54) is 11.3 Å². The quantitative estimate of drug-likeness (QED) is 0.597. The number of terminal acetylenes is 1. The van der Waals surface area contributed by atoms with Crippen LogP contribution in [0, 0.1) is 12.3 Å². The normalized spacial score (nSPS) is 14.5. The summed E-state index contributed by atoms with van der Waals surface area (Å²) in [6.45, 7) is 2.64. The Kier molecular flexibility index (Phi) is 5.03. The predicted octanol–water partition coefficient (Wildman–Crippen LogP) is 0.906. The summed E-state index contributed by atoms with van der Waals surface area (Å²) in [5.41, 5.74) is 8.36. The average Bonchev–Trinajstić information content (AvgIpc) is 2.87. The zero-order valence-corrected chi connectivity index (χ0v) is 11.6. The van der Waals surface area contributed by atoms with Gasteiger partial charge in [-0.3, -0.25) is 4.79 Å². The second kappa shape index (κ2) is 6.97. The van der Waals surface area contributed by atoms with E-state index in [1.54, 1.807) is 0 Å². The SMILES string of the molecule is C#CCC(N)C(=O)NCCCN1CCc2ccccc21. The van der Waals surface area contributed by atoms with E-state index in [2.05, 4.69) is 40.4 Å². The summed E-state index contributed by atoms with van der Waals surface area (Å²) in [6.07, 6.45) is 7.43. The lowest BCUT2D eigenvalue weighted by Gasteiger charge is -2.19. The van der Waals surface area contributed by atoms with Crippen molar-refractivity contribution in [2.75, 3.05) is 24.5 Å². The summed E-state index contributed by atoms with van der Waals surface area (Å²) < 4.78 is 0. The molecule has 0 saturated heterocycles. The van der Waals surface area contributed by atoms with Crippen LogP contribution in [0.5, 0.6) is 0 Å². The number of fused-ring (bicyclic) bond motifs is 1. The summed E-state index contributed by atoms with van der Waals surface area (Å²) >= 11 is 0. The Morgan fingerprint density at radius 1 is 1.50 bits per heavy atom. The molecular formula is C16H21N3O. The summed E-state index contributed by atoms with van der Waals surface area (Å²) in [4.78, 5) is 13.9. The number of anilines is 1. The van der Waals surface area contributed by atoms with Gasteiger partial charge in [-0.05, 0) is 24.5 Å². The van der Waals surface area contributed by atoms with Crippen molar-refractivity contribution >= 4 is 11.6 Å². The van der Waals surface area contributed by atoms with Gasteiger partial charge in [0.1, 0.15) is 0 Å². The van der Waals surface area contributed by atoms with Gasteiger partial charge in [0.15, 0.2) is 0 Å². The van der Waals surface area contributed by atoms with E-state index in [0.29, 0.717) is 6.54 Å². The van der Waals surface area contributed by atoms with Crippen LogP contribution in [-0.2, 0) is 11.2 Å². The fourth-order valence-corrected chi connectivity index (χ4v) is 2.47. The maximum atomic E-state index is 11.6. The third-order valence-electron chi connectivity index (χ3n) is 3.56. The van der Waals surface area contributed by atoms with Crippen molar-refractivity contribution in [3.05, 3.63) is 29.8 Å². The number of carbonyl (C=O) groups excluding carboxylic acids is 1. The van der Waals surface area contributed by atoms with Gasteiger partial charge in [-0.15, -0.1) is 12.3 Å². The van der Waals surface area contributed by atoms with Crippen molar-refractivity contribution in [3.63, 3.8) is 0 Å². The lowest BCUT2D eigenvalue weighted by Crippen LogP contribution is -2.41. The molecule has 20 heavy (non-hydrogen) atoms. The van der Waals surface area contributed by atoms with Crippen LogP contribution in [0.2, 0.25) is 0 Å². The lowest BCUT2D eigenvalue weighted by molar-refractivity contribution is -0.122. The molecule has 1 aliphatic rings. The van der Waals surface area contributed by atoms with Crippen molar-refractivity contribution < 1.29 is 4.79 Å². The van der Waals surface area contributed by atoms with Gasteiger partial charge < -0.3 is 16.0 Å². The number of amides is 1. The largest absolute Gasteiger partial charge is 0.371 e. The van der Waals surface area contributed by atoms with E-state index in [-0.39, 0.29) is 12.3 Å². The number of rotatable bonds is 6. The van der Waals surface area contributed by atoms with Crippen LogP contribution in [0.1, 0.15) is 18.4 Å². The first-order chi connectivity index (χ1) is 9.72. The Hall–Kier alpha value is -1.99. The number of hydrogen-bond donors (Lipinski definition) is 2. The van der Waals surface area contributed by atoms with Crippen molar-refractivity contribution in [1.29, 1.82) is 0 Å². The van der Waals surface area contributed by atoms with Gasteiger partial charge in [0.05, 0.1) is 6.04 Å². The van der Waals surface area contributed by atoms with E-state index in [9.17, 15) is 4.79 Å². The molecule has 1 unspecified atom stereocenters. The van der Waals surface area contributed by atoms with E-state index < -0.39 is 6.04 Å². The van der Waals surface area contributed by atoms with E-state index in [4.69, 9.17) is 12.2 Å². The zero-order valence-electron chi connectivity index (χ0n) is 11.6. The molecule has 3 N–H and O–H groups in total. The summed E-state index contributed by atoms with van der Waals surface area (Å²) in [6, 6.07) is 7.89. The Bertz CT molecular complexity index is 507. The van der Waals surface area contributed by atoms with Crippen LogP contribution in [0.15, 0.2) is 24.3 Å². The fourth-order valence-electron chi connectivity index (χ4n) is 2.47. The van der Waals surface area contributed by atoms with Crippen LogP contribution in [0.25, 0.3) is 0 Å². The molecule has 0 bridgehead atoms. The van der Waals surface area contributed by atoms with Gasteiger partial charge in [-0.2, -0.15) is 0 Å². The highest BCUT2D eigenvalue weighted by Gasteiger charge is 2.17. The number of nitrogens with one attached hydrogen (secondary N) is 1. The highest BCUT2D eigenvalue weighted by atomic mass is 16.2. The molecule has 1 aromatic rings. The van der Waals surface area contributed by atoms with Gasteiger partial charge in [-0.1, -0.05) is 18.2 Å². The molecule has 4 nitrogen and oxygen atoms in total. The Balaban J connectivity index is 1.70. The average molecular weight is 271 g/mol. The number of nitrogens with two attached hydrogens (primary N) is 1. The molecule has 1 aromatic carbocycles. The summed E-state index contributed by atoms with van der Waals surface area (Å²) in [5, 5.41) is 2.83. The van der Waals surface area contributed by atoms with Gasteiger partial charge in [0.2, 0.25) is 5.91 Å². The molecule has 0 radical (unpaired) electrons. The van der Waals surface area contributed by atoms with Gasteiger partial charge in [0, 0.05) is 31.7 Å². The topological polar surface area (TPSA) is 58.4 Å². The molecule has 0 fully saturated rings. The van der Waals surface area contributed by atoms with Gasteiger partial charge in [0.25, 0.3) is 0 Å². The molecule has 4 heteroatoms. The molecule has 2 rings (SSSR count). The van der Waals surface area contributed by atoms with E-state index in [1.807, 2.05) is 0 Å². The maximum absolute atomic E-state index is 11.6. The van der Waals surface area contributed by atoms with E-state index in [0.717, 1.165) is 25.9 Å². The number of para-hydroxylation sites is 1. The van der Waals surface area contributed by atoms with Crippen molar-refractivity contribution in [1.82, 2.24) is 5.32 Å². The first-order valence-corrected chi connectivity index (χ1v) is 7.02. The molecule has 0 aliphatic carbocycles. The first kappa shape index (κ1) is 14.4. The summed E-state index contributed by atoms with van der Waals surface area (Å²) in [5.74, 6) is 2.24. The van der Waals surface area contributed by atoms with Crippen molar-refractivity contribution in [2.24, 2.45) is 5.73 Å². The van der Waals surface area contributed by atoms with Crippen LogP contribution in [-0.4, -0.2) is 31.6 Å². The number of carbonyl (C=O) groups is 1. The lowest BCUT2D eigenvalue weighted by atomic mass is 10.2. The second-order valence-corrected chi connectivity index (χ2v) is 5.03. The standard InChI is InChI=1S/C16H21N3O/c1-2-6-14(17)16(20)18-10-5-11-19-12-9-13-7-3-4-8-15(13)19/h1,3-4,7-8,14H,5-6,9-12,17H2,(H,18,20). The fraction of sp³-hybridized carbons (Fsp3) is 0.438. The zero-order chi connectivity index (χ0) is 14.4. The Morgan fingerprint density at radius 3 is 3.10 bits per heavy atom. The Labute approximate surface area is 120 Å². The minimum absolute atomic E-state index is 0.162. The van der Waals surface area contributed by atoms with Gasteiger partial charge >= 0.3 is 0 Å². The molecule has 1 amide bonds. The van der Waals surface area contributed by atoms with Crippen LogP contribution in [0.3, 0.4) is 0 Å². The second-order valence-electron chi connectivity index (χ2n) is 5.03. The molecule has 1 heterocycles. The third-order valence-corrected chi connectivity index (χ3v) is 3.56. The van der Waals surface area contributed by atoms with Crippen LogP contribution in [0.4, 0.5) is 5.69 Å². The minimum atomic E-state index is -0.590. The predicted molar refractivity (Wildman–Crippen MR) is 81.4 cm³/mol. The van der Waals surface area contributed by atoms with Crippen LogP contribution >= 0.6 is 0 Å². The molecular weight excluding hydrogens is 250 g/mol. The molecule has 0 aromatic heterocycles. The number of nitrogens with zero attached hydrogens (tertiary/aromatic N) is 1. The van der Waals surface area contributed by atoms with Crippen molar-refractivity contribution in [3.8, 4) is 12.3 Å². The molecule has 0 saturated carbocycles. The maximum Gasteiger partial charge on any atom is 0.237 e. The Morgan fingerprint density at radius 2 is 2.30 bits per heavy atom. The number of hydrogen-bond acceptors (Lipinski definition) is 3. The third kappa shape index (κ3) is 3.52. The highest BCUT2D eigenvalue weighted by molar-refractivity contribution is 5.81. The first-order valence-electron chi connectivity index (χ1n) is 7.02. The monoisotopic (exact) mass is 271 g/mol. The molecule has 1 atom stereocenters. The molecule has 0 spiro atoms. The smallest absolute Gasteiger partial charge is 0.237 e.